The van der Waals surface area contributed by atoms with Crippen molar-refractivity contribution in [3.05, 3.63) is 64.0 Å². The number of rotatable bonds is 4. The van der Waals surface area contributed by atoms with Gasteiger partial charge in [0, 0.05) is 11.6 Å². The summed E-state index contributed by atoms with van der Waals surface area (Å²) in [7, 11) is -4.37. The van der Waals surface area contributed by atoms with Crippen LogP contribution in [0.15, 0.2) is 47.4 Å². The maximum Gasteiger partial charge on any atom is 0.339 e. The fourth-order valence-corrected chi connectivity index (χ4v) is 2.93. The second-order valence-corrected chi connectivity index (χ2v) is 5.64. The molecule has 21 heavy (non-hydrogen) atoms. The highest BCUT2D eigenvalue weighted by molar-refractivity contribution is 7.87. The summed E-state index contributed by atoms with van der Waals surface area (Å²) in [6, 6.07) is 8.56. The third-order valence-electron chi connectivity index (χ3n) is 2.76. The van der Waals surface area contributed by atoms with Gasteiger partial charge in [0.25, 0.3) is 5.69 Å². The summed E-state index contributed by atoms with van der Waals surface area (Å²) < 4.78 is 42.4. The molecular weight excluding hydrogens is 301 g/mol. The van der Waals surface area contributed by atoms with Gasteiger partial charge < -0.3 is 4.18 Å². The van der Waals surface area contributed by atoms with Gasteiger partial charge in [0.2, 0.25) is 0 Å². The molecule has 0 aliphatic rings. The molecular formula is C13H10FNO5S. The normalized spacial score (nSPS) is 11.1. The van der Waals surface area contributed by atoms with Crippen LogP contribution in [0.3, 0.4) is 0 Å². The second kappa shape index (κ2) is 5.49. The Morgan fingerprint density at radius 3 is 2.43 bits per heavy atom. The number of para-hydroxylation sites is 1. The maximum atomic E-state index is 13.4. The average molecular weight is 311 g/mol. The summed E-state index contributed by atoms with van der Waals surface area (Å²) >= 11 is 0. The van der Waals surface area contributed by atoms with Crippen molar-refractivity contribution in [2.24, 2.45) is 0 Å². The van der Waals surface area contributed by atoms with Crippen molar-refractivity contribution in [2.45, 2.75) is 11.8 Å². The second-order valence-electron chi connectivity index (χ2n) is 4.13. The minimum Gasteiger partial charge on any atom is -0.376 e. The van der Waals surface area contributed by atoms with Crippen molar-refractivity contribution in [2.75, 3.05) is 0 Å². The third-order valence-corrected chi connectivity index (χ3v) is 4.14. The zero-order chi connectivity index (χ0) is 15.6. The van der Waals surface area contributed by atoms with Crippen LogP contribution in [0.5, 0.6) is 5.75 Å². The lowest BCUT2D eigenvalue weighted by atomic mass is 10.2. The molecule has 2 rings (SSSR count). The predicted octanol–water partition coefficient (Wildman–Crippen LogP) is 2.81. The minimum absolute atomic E-state index is 0.0705. The molecule has 6 nitrogen and oxygen atoms in total. The van der Waals surface area contributed by atoms with Gasteiger partial charge in [-0.1, -0.05) is 18.2 Å². The predicted molar refractivity (Wildman–Crippen MR) is 72.0 cm³/mol. The first-order valence-corrected chi connectivity index (χ1v) is 7.17. The van der Waals surface area contributed by atoms with Crippen molar-refractivity contribution < 1.29 is 21.9 Å². The fourth-order valence-electron chi connectivity index (χ4n) is 1.75. The zero-order valence-corrected chi connectivity index (χ0v) is 11.6. The summed E-state index contributed by atoms with van der Waals surface area (Å²) in [5, 5.41) is 10.8. The van der Waals surface area contributed by atoms with Gasteiger partial charge in [-0.3, -0.25) is 10.1 Å². The van der Waals surface area contributed by atoms with E-state index in [0.29, 0.717) is 0 Å². The molecule has 0 saturated carbocycles. The standard InChI is InChI=1S/C13H10FNO5S/c1-9-11(15(16)17)6-4-8-13(9)21(18,19)20-12-7-3-2-5-10(12)14/h2-8H,1H3. The van der Waals surface area contributed by atoms with E-state index >= 15 is 0 Å². The first-order valence-electron chi connectivity index (χ1n) is 5.76. The van der Waals surface area contributed by atoms with E-state index in [1.165, 1.54) is 37.3 Å². The van der Waals surface area contributed by atoms with Crippen LogP contribution >= 0.6 is 0 Å². The first-order chi connectivity index (χ1) is 9.83. The van der Waals surface area contributed by atoms with Gasteiger partial charge in [-0.05, 0) is 25.1 Å². The van der Waals surface area contributed by atoms with E-state index < -0.39 is 26.6 Å². The van der Waals surface area contributed by atoms with Crippen LogP contribution in [0.4, 0.5) is 10.1 Å². The van der Waals surface area contributed by atoms with E-state index in [4.69, 9.17) is 4.18 Å². The van der Waals surface area contributed by atoms with Crippen LogP contribution in [0.1, 0.15) is 5.56 Å². The van der Waals surface area contributed by atoms with E-state index in [1.807, 2.05) is 0 Å². The van der Waals surface area contributed by atoms with Crippen molar-refractivity contribution in [3.63, 3.8) is 0 Å². The van der Waals surface area contributed by atoms with Crippen LogP contribution in [0.2, 0.25) is 0 Å². The molecule has 0 amide bonds. The zero-order valence-electron chi connectivity index (χ0n) is 10.8. The number of nitrogens with zero attached hydrogens (tertiary/aromatic N) is 1. The Kier molecular flexibility index (Phi) is 3.90. The number of halogens is 1. The number of benzene rings is 2. The van der Waals surface area contributed by atoms with Crippen molar-refractivity contribution >= 4 is 15.8 Å². The highest BCUT2D eigenvalue weighted by atomic mass is 32.2. The highest BCUT2D eigenvalue weighted by Gasteiger charge is 2.25. The average Bonchev–Trinajstić information content (AvgIpc) is 2.41. The smallest absolute Gasteiger partial charge is 0.339 e. The Morgan fingerprint density at radius 1 is 1.14 bits per heavy atom. The van der Waals surface area contributed by atoms with Gasteiger partial charge >= 0.3 is 10.1 Å². The minimum atomic E-state index is -4.37. The first kappa shape index (κ1) is 14.9. The lowest BCUT2D eigenvalue weighted by Crippen LogP contribution is -2.12. The molecule has 0 N–H and O–H groups in total. The topological polar surface area (TPSA) is 86.5 Å². The summed E-state index contributed by atoms with van der Waals surface area (Å²) in [5.74, 6) is -1.31. The number of hydrogen-bond donors (Lipinski definition) is 0. The molecule has 0 fully saturated rings. The molecule has 2 aromatic carbocycles. The molecule has 0 aromatic heterocycles. The Labute approximate surface area is 120 Å². The highest BCUT2D eigenvalue weighted by Crippen LogP contribution is 2.28. The van der Waals surface area contributed by atoms with Crippen LogP contribution in [-0.2, 0) is 10.1 Å². The molecule has 0 aliphatic carbocycles. The number of nitro groups is 1. The van der Waals surface area contributed by atoms with Gasteiger partial charge in [-0.15, -0.1) is 0 Å². The summed E-state index contributed by atoms with van der Waals surface area (Å²) in [4.78, 5) is 9.75. The maximum absolute atomic E-state index is 13.4. The molecule has 0 atom stereocenters. The SMILES string of the molecule is Cc1c([N+](=O)[O-])cccc1S(=O)(=O)Oc1ccccc1F. The molecule has 0 heterocycles. The lowest BCUT2D eigenvalue weighted by Gasteiger charge is -2.09. The number of hydrogen-bond acceptors (Lipinski definition) is 5. The summed E-state index contributed by atoms with van der Waals surface area (Å²) in [5.41, 5.74) is -0.424. The summed E-state index contributed by atoms with van der Waals surface area (Å²) in [6.07, 6.45) is 0. The van der Waals surface area contributed by atoms with E-state index in [0.717, 1.165) is 12.1 Å². The largest absolute Gasteiger partial charge is 0.376 e. The van der Waals surface area contributed by atoms with Crippen molar-refractivity contribution in [3.8, 4) is 5.75 Å². The van der Waals surface area contributed by atoms with Crippen molar-refractivity contribution in [1.82, 2.24) is 0 Å². The van der Waals surface area contributed by atoms with Crippen LogP contribution in [0.25, 0.3) is 0 Å². The van der Waals surface area contributed by atoms with Crippen molar-refractivity contribution in [1.29, 1.82) is 0 Å². The Bertz CT molecular complexity index is 804. The van der Waals surface area contributed by atoms with Crippen LogP contribution < -0.4 is 4.18 Å². The molecule has 8 heteroatoms. The van der Waals surface area contributed by atoms with Gasteiger partial charge in [-0.2, -0.15) is 8.42 Å². The van der Waals surface area contributed by atoms with Gasteiger partial charge in [-0.25, -0.2) is 4.39 Å². The quantitative estimate of drug-likeness (QED) is 0.492. The Morgan fingerprint density at radius 2 is 1.81 bits per heavy atom. The Hall–Kier alpha value is -2.48. The third kappa shape index (κ3) is 3.00. The molecule has 0 saturated heterocycles. The van der Waals surface area contributed by atoms with Gasteiger partial charge in [0.15, 0.2) is 11.6 Å². The van der Waals surface area contributed by atoms with Crippen LogP contribution in [0, 0.1) is 22.9 Å². The molecule has 0 bridgehead atoms. The lowest BCUT2D eigenvalue weighted by molar-refractivity contribution is -0.385. The molecule has 0 unspecified atom stereocenters. The van der Waals surface area contributed by atoms with E-state index in [-0.39, 0.29) is 16.1 Å². The van der Waals surface area contributed by atoms with E-state index in [2.05, 4.69) is 0 Å². The molecule has 0 spiro atoms. The monoisotopic (exact) mass is 311 g/mol. The molecule has 110 valence electrons. The summed E-state index contributed by atoms with van der Waals surface area (Å²) in [6.45, 7) is 1.29. The number of nitro benzene ring substituents is 1. The molecule has 0 aliphatic heterocycles. The molecule has 0 radical (unpaired) electrons. The molecule has 2 aromatic rings. The van der Waals surface area contributed by atoms with E-state index in [9.17, 15) is 22.9 Å². The van der Waals surface area contributed by atoms with E-state index in [1.54, 1.807) is 0 Å². The van der Waals surface area contributed by atoms with Crippen LogP contribution in [-0.4, -0.2) is 13.3 Å². The Balaban J connectivity index is 2.48. The van der Waals surface area contributed by atoms with Gasteiger partial charge in [0.05, 0.1) is 4.92 Å². The fraction of sp³-hybridized carbons (Fsp3) is 0.0769. The van der Waals surface area contributed by atoms with Gasteiger partial charge in [0.1, 0.15) is 4.90 Å².